The lowest BCUT2D eigenvalue weighted by atomic mass is 9.69. The number of carbonyl (C=O) groups excluding carboxylic acids is 2. The van der Waals surface area contributed by atoms with Crippen LogP contribution in [0.1, 0.15) is 36.8 Å². The van der Waals surface area contributed by atoms with Crippen molar-refractivity contribution in [2.24, 2.45) is 5.41 Å². The number of carbonyl (C=O) groups is 2. The molecule has 4 rings (SSSR count). The number of aliphatic hydroxyl groups excluding tert-OH is 1. The number of amides is 2. The summed E-state index contributed by atoms with van der Waals surface area (Å²) in [6.07, 6.45) is 5.14. The first-order valence-electron chi connectivity index (χ1n) is 10.5. The van der Waals surface area contributed by atoms with Gasteiger partial charge >= 0.3 is 0 Å². The standard InChI is InChI=1S/C22H31N3O3/c1-24(14-22(15-26)7-4-8-22)20(27)13-19-21(28)23-9-10-25(19)18-11-16-5-2-3-6-17(16)12-18/h2-3,5-6,18-19,26H,4,7-15H2,1H3,(H,23,28)/t19-/m1/s1. The molecule has 28 heavy (non-hydrogen) atoms. The minimum Gasteiger partial charge on any atom is -0.396 e. The summed E-state index contributed by atoms with van der Waals surface area (Å²) in [6.45, 7) is 2.12. The van der Waals surface area contributed by atoms with Gasteiger partial charge < -0.3 is 15.3 Å². The zero-order valence-electron chi connectivity index (χ0n) is 16.7. The van der Waals surface area contributed by atoms with Crippen molar-refractivity contribution in [3.8, 4) is 0 Å². The van der Waals surface area contributed by atoms with Crippen LogP contribution in [0.5, 0.6) is 0 Å². The number of hydrogen-bond donors (Lipinski definition) is 2. The highest BCUT2D eigenvalue weighted by molar-refractivity contribution is 5.88. The molecule has 1 aliphatic heterocycles. The second-order valence-electron chi connectivity index (χ2n) is 8.84. The van der Waals surface area contributed by atoms with E-state index in [1.807, 2.05) is 0 Å². The molecule has 2 aliphatic carbocycles. The van der Waals surface area contributed by atoms with Crippen molar-refractivity contribution in [3.63, 3.8) is 0 Å². The van der Waals surface area contributed by atoms with E-state index in [9.17, 15) is 14.7 Å². The van der Waals surface area contributed by atoms with Crippen LogP contribution in [0, 0.1) is 5.41 Å². The fourth-order valence-corrected chi connectivity index (χ4v) is 5.11. The summed E-state index contributed by atoms with van der Waals surface area (Å²) in [5.74, 6) is -0.0493. The van der Waals surface area contributed by atoms with Gasteiger partial charge in [0.15, 0.2) is 0 Å². The number of aliphatic hydroxyl groups is 1. The van der Waals surface area contributed by atoms with Crippen molar-refractivity contribution in [2.45, 2.75) is 50.6 Å². The molecule has 3 aliphatic rings. The van der Waals surface area contributed by atoms with Gasteiger partial charge in [0.25, 0.3) is 0 Å². The zero-order chi connectivity index (χ0) is 19.7. The van der Waals surface area contributed by atoms with E-state index >= 15 is 0 Å². The number of fused-ring (bicyclic) bond motifs is 1. The fraction of sp³-hybridized carbons (Fsp3) is 0.636. The van der Waals surface area contributed by atoms with Crippen molar-refractivity contribution in [1.82, 2.24) is 15.1 Å². The molecule has 152 valence electrons. The molecule has 2 N–H and O–H groups in total. The van der Waals surface area contributed by atoms with E-state index < -0.39 is 6.04 Å². The third kappa shape index (κ3) is 3.67. The van der Waals surface area contributed by atoms with Crippen LogP contribution in [0.2, 0.25) is 0 Å². The topological polar surface area (TPSA) is 72.9 Å². The number of hydrogen-bond acceptors (Lipinski definition) is 4. The van der Waals surface area contributed by atoms with Crippen molar-refractivity contribution < 1.29 is 14.7 Å². The zero-order valence-corrected chi connectivity index (χ0v) is 16.7. The van der Waals surface area contributed by atoms with Gasteiger partial charge in [0.05, 0.1) is 19.1 Å². The van der Waals surface area contributed by atoms with Crippen LogP contribution in [-0.2, 0) is 22.4 Å². The van der Waals surface area contributed by atoms with Gasteiger partial charge in [0.1, 0.15) is 0 Å². The maximum absolute atomic E-state index is 12.9. The lowest BCUT2D eigenvalue weighted by Gasteiger charge is -2.43. The average Bonchev–Trinajstić information content (AvgIpc) is 3.10. The highest BCUT2D eigenvalue weighted by atomic mass is 16.3. The molecule has 2 amide bonds. The Bertz CT molecular complexity index is 716. The van der Waals surface area contributed by atoms with Gasteiger partial charge in [-0.15, -0.1) is 0 Å². The minimum absolute atomic E-state index is 0.0118. The number of piperazine rings is 1. The van der Waals surface area contributed by atoms with Crippen molar-refractivity contribution >= 4 is 11.8 Å². The Labute approximate surface area is 166 Å². The summed E-state index contributed by atoms with van der Waals surface area (Å²) in [7, 11) is 1.80. The van der Waals surface area contributed by atoms with E-state index in [0.717, 1.165) is 38.6 Å². The monoisotopic (exact) mass is 385 g/mol. The Morgan fingerprint density at radius 2 is 1.96 bits per heavy atom. The maximum Gasteiger partial charge on any atom is 0.237 e. The molecule has 0 radical (unpaired) electrons. The molecular formula is C22H31N3O3. The van der Waals surface area contributed by atoms with Gasteiger partial charge in [-0.05, 0) is 36.8 Å². The Balaban J connectivity index is 1.42. The van der Waals surface area contributed by atoms with Crippen molar-refractivity contribution in [3.05, 3.63) is 35.4 Å². The highest BCUT2D eigenvalue weighted by Gasteiger charge is 2.41. The molecule has 1 aromatic rings. The summed E-state index contributed by atoms with van der Waals surface area (Å²) >= 11 is 0. The summed E-state index contributed by atoms with van der Waals surface area (Å²) < 4.78 is 0. The molecular weight excluding hydrogens is 354 g/mol. The molecule has 6 nitrogen and oxygen atoms in total. The summed E-state index contributed by atoms with van der Waals surface area (Å²) in [5.41, 5.74) is 2.58. The number of nitrogens with zero attached hydrogens (tertiary/aromatic N) is 2. The summed E-state index contributed by atoms with van der Waals surface area (Å²) in [6, 6.07) is 8.34. The molecule has 1 saturated heterocycles. The molecule has 0 aromatic heterocycles. The summed E-state index contributed by atoms with van der Waals surface area (Å²) in [5, 5.41) is 12.6. The predicted molar refractivity (Wildman–Crippen MR) is 107 cm³/mol. The molecule has 0 bridgehead atoms. The van der Waals surface area contributed by atoms with Gasteiger partial charge in [0.2, 0.25) is 11.8 Å². The molecule has 2 fully saturated rings. The number of benzene rings is 1. The van der Waals surface area contributed by atoms with E-state index in [1.54, 1.807) is 11.9 Å². The SMILES string of the molecule is CN(CC1(CO)CCC1)C(=O)C[C@@H]1C(=O)NCCN1C1Cc2ccccc2C1. The second-order valence-corrected chi connectivity index (χ2v) is 8.84. The van der Waals surface area contributed by atoms with Crippen LogP contribution in [0.15, 0.2) is 24.3 Å². The fourth-order valence-electron chi connectivity index (χ4n) is 5.11. The molecule has 1 saturated carbocycles. The smallest absolute Gasteiger partial charge is 0.237 e. The summed E-state index contributed by atoms with van der Waals surface area (Å²) in [4.78, 5) is 29.5. The first-order chi connectivity index (χ1) is 13.5. The normalized spacial score (nSPS) is 24.4. The van der Waals surface area contributed by atoms with Crippen LogP contribution in [0.25, 0.3) is 0 Å². The van der Waals surface area contributed by atoms with Crippen LogP contribution in [-0.4, -0.2) is 72.1 Å². The number of rotatable bonds is 6. The largest absolute Gasteiger partial charge is 0.396 e. The van der Waals surface area contributed by atoms with E-state index in [4.69, 9.17) is 0 Å². The minimum atomic E-state index is -0.408. The number of nitrogens with one attached hydrogen (secondary N) is 1. The molecule has 1 aromatic carbocycles. The third-order valence-corrected chi connectivity index (χ3v) is 6.99. The van der Waals surface area contributed by atoms with E-state index in [0.29, 0.717) is 13.1 Å². The van der Waals surface area contributed by atoms with Gasteiger partial charge in [0, 0.05) is 38.1 Å². The van der Waals surface area contributed by atoms with Crippen molar-refractivity contribution in [1.29, 1.82) is 0 Å². The van der Waals surface area contributed by atoms with Crippen molar-refractivity contribution in [2.75, 3.05) is 33.3 Å². The van der Waals surface area contributed by atoms with E-state index in [2.05, 4.69) is 34.5 Å². The molecule has 1 heterocycles. The molecule has 0 unspecified atom stereocenters. The highest BCUT2D eigenvalue weighted by Crippen LogP contribution is 2.41. The Morgan fingerprint density at radius 3 is 2.54 bits per heavy atom. The Hall–Kier alpha value is -1.92. The maximum atomic E-state index is 12.9. The van der Waals surface area contributed by atoms with Crippen LogP contribution in [0.3, 0.4) is 0 Å². The first-order valence-corrected chi connectivity index (χ1v) is 10.5. The quantitative estimate of drug-likeness (QED) is 0.765. The molecule has 0 spiro atoms. The van der Waals surface area contributed by atoms with E-state index in [1.165, 1.54) is 11.1 Å². The van der Waals surface area contributed by atoms with Crippen LogP contribution in [0.4, 0.5) is 0 Å². The molecule has 1 atom stereocenters. The Kier molecular flexibility index (Phi) is 5.43. The second kappa shape index (κ2) is 7.84. The lowest BCUT2D eigenvalue weighted by Crippen LogP contribution is -2.60. The van der Waals surface area contributed by atoms with Crippen LogP contribution < -0.4 is 5.32 Å². The molecule has 6 heteroatoms. The van der Waals surface area contributed by atoms with Crippen LogP contribution >= 0.6 is 0 Å². The average molecular weight is 386 g/mol. The predicted octanol–water partition coefficient (Wildman–Crippen LogP) is 0.965. The van der Waals surface area contributed by atoms with Gasteiger partial charge in [-0.25, -0.2) is 0 Å². The van der Waals surface area contributed by atoms with E-state index in [-0.39, 0.29) is 36.3 Å². The first kappa shape index (κ1) is 19.4. The Morgan fingerprint density at radius 1 is 1.29 bits per heavy atom. The van der Waals surface area contributed by atoms with Gasteiger partial charge in [-0.2, -0.15) is 0 Å². The van der Waals surface area contributed by atoms with Gasteiger partial charge in [-0.3, -0.25) is 14.5 Å². The lowest BCUT2D eigenvalue weighted by molar-refractivity contribution is -0.140. The third-order valence-electron chi connectivity index (χ3n) is 6.99. The van der Waals surface area contributed by atoms with Gasteiger partial charge in [-0.1, -0.05) is 30.7 Å².